The third-order valence-electron chi connectivity index (χ3n) is 1.37. The molecule has 0 heterocycles. The highest BCUT2D eigenvalue weighted by atomic mass is 28.2. The molecule has 0 unspecified atom stereocenters. The number of hydrogen-bond donors (Lipinski definition) is 1. The molecule has 4 heteroatoms. The van der Waals surface area contributed by atoms with E-state index in [0.29, 0.717) is 5.95 Å². The van der Waals surface area contributed by atoms with E-state index in [9.17, 15) is 0 Å². The van der Waals surface area contributed by atoms with E-state index >= 15 is 0 Å². The van der Waals surface area contributed by atoms with Crippen molar-refractivity contribution >= 4 is 9.52 Å². The maximum atomic E-state index is 5.35. The Balaban J connectivity index is 3.37. The second-order valence-corrected chi connectivity index (χ2v) is 3.91. The minimum atomic E-state index is -0.161. The molecule has 0 amide bonds. The maximum Gasteiger partial charge on any atom is 0.269 e. The van der Waals surface area contributed by atoms with E-state index in [0.717, 1.165) is 13.0 Å². The van der Waals surface area contributed by atoms with Gasteiger partial charge in [0.25, 0.3) is 5.95 Å². The second-order valence-electron chi connectivity index (χ2n) is 2.22. The SMILES string of the molecule is COC(=C[SiH2]CCCN)OC. The molecule has 0 bridgehead atoms. The van der Waals surface area contributed by atoms with E-state index < -0.39 is 0 Å². The highest BCUT2D eigenvalue weighted by Gasteiger charge is 1.91. The highest BCUT2D eigenvalue weighted by Crippen LogP contribution is 1.95. The molecule has 11 heavy (non-hydrogen) atoms. The number of rotatable bonds is 6. The van der Waals surface area contributed by atoms with Gasteiger partial charge in [0.05, 0.1) is 23.7 Å². The Kier molecular flexibility index (Phi) is 7.29. The molecular formula is C7H17NO2Si. The number of nitrogens with two attached hydrogens (primary N) is 1. The van der Waals surface area contributed by atoms with Crippen molar-refractivity contribution in [1.82, 2.24) is 0 Å². The van der Waals surface area contributed by atoms with Gasteiger partial charge in [-0.05, 0) is 18.7 Å². The van der Waals surface area contributed by atoms with Crippen molar-refractivity contribution in [3.63, 3.8) is 0 Å². The van der Waals surface area contributed by atoms with Gasteiger partial charge < -0.3 is 15.2 Å². The van der Waals surface area contributed by atoms with Gasteiger partial charge in [0, 0.05) is 0 Å². The average Bonchev–Trinajstić information content (AvgIpc) is 2.05. The van der Waals surface area contributed by atoms with E-state index in [-0.39, 0.29) is 9.52 Å². The summed E-state index contributed by atoms with van der Waals surface area (Å²) >= 11 is 0. The fourth-order valence-electron chi connectivity index (χ4n) is 0.759. The highest BCUT2D eigenvalue weighted by molar-refractivity contribution is 6.42. The van der Waals surface area contributed by atoms with Gasteiger partial charge in [-0.1, -0.05) is 6.04 Å². The molecule has 0 aromatic carbocycles. The van der Waals surface area contributed by atoms with Gasteiger partial charge in [-0.2, -0.15) is 0 Å². The predicted octanol–water partition coefficient (Wildman–Crippen LogP) is 0.0140. The molecular weight excluding hydrogens is 158 g/mol. The van der Waals surface area contributed by atoms with E-state index in [2.05, 4.69) is 5.70 Å². The summed E-state index contributed by atoms with van der Waals surface area (Å²) in [6.07, 6.45) is 1.11. The molecule has 0 rings (SSSR count). The van der Waals surface area contributed by atoms with Crippen molar-refractivity contribution in [3.05, 3.63) is 11.6 Å². The first kappa shape index (κ1) is 10.5. The first-order chi connectivity index (χ1) is 5.35. The zero-order chi connectivity index (χ0) is 8.53. The van der Waals surface area contributed by atoms with Crippen molar-refractivity contribution in [2.24, 2.45) is 5.73 Å². The summed E-state index contributed by atoms with van der Waals surface area (Å²) in [6, 6.07) is 1.23. The topological polar surface area (TPSA) is 44.5 Å². The minimum absolute atomic E-state index is 0.161. The molecule has 0 saturated heterocycles. The molecule has 0 aliphatic carbocycles. The van der Waals surface area contributed by atoms with Crippen LogP contribution in [0, 0.1) is 0 Å². The van der Waals surface area contributed by atoms with Gasteiger partial charge in [0.2, 0.25) is 0 Å². The van der Waals surface area contributed by atoms with Crippen LogP contribution >= 0.6 is 0 Å². The zero-order valence-electron chi connectivity index (χ0n) is 7.30. The maximum absolute atomic E-state index is 5.35. The van der Waals surface area contributed by atoms with Crippen LogP contribution in [0.5, 0.6) is 0 Å². The lowest BCUT2D eigenvalue weighted by molar-refractivity contribution is 0.0964. The van der Waals surface area contributed by atoms with E-state index in [1.165, 1.54) is 6.04 Å². The largest absolute Gasteiger partial charge is 0.469 e. The van der Waals surface area contributed by atoms with Gasteiger partial charge in [0.1, 0.15) is 0 Å². The predicted molar refractivity (Wildman–Crippen MR) is 49.1 cm³/mol. The summed E-state index contributed by atoms with van der Waals surface area (Å²) in [7, 11) is 3.07. The van der Waals surface area contributed by atoms with Crippen molar-refractivity contribution in [1.29, 1.82) is 0 Å². The summed E-state index contributed by atoms with van der Waals surface area (Å²) in [4.78, 5) is 0. The monoisotopic (exact) mass is 175 g/mol. The number of methoxy groups -OCH3 is 2. The van der Waals surface area contributed by atoms with Crippen molar-refractivity contribution in [2.75, 3.05) is 20.8 Å². The summed E-state index contributed by atoms with van der Waals surface area (Å²) in [6.45, 7) is 0.788. The van der Waals surface area contributed by atoms with Crippen molar-refractivity contribution in [3.8, 4) is 0 Å². The normalized spacial score (nSPS) is 10.1. The lowest BCUT2D eigenvalue weighted by atomic mass is 10.5. The quantitative estimate of drug-likeness (QED) is 0.351. The molecule has 0 aromatic heterocycles. The van der Waals surface area contributed by atoms with Crippen LogP contribution in [0.15, 0.2) is 11.6 Å². The summed E-state index contributed by atoms with van der Waals surface area (Å²) in [5, 5.41) is 0. The molecule has 0 aliphatic heterocycles. The van der Waals surface area contributed by atoms with Crippen LogP contribution in [0.4, 0.5) is 0 Å². The van der Waals surface area contributed by atoms with Crippen LogP contribution in [0.25, 0.3) is 0 Å². The Bertz CT molecular complexity index is 111. The van der Waals surface area contributed by atoms with E-state index in [1.54, 1.807) is 14.2 Å². The standard InChI is InChI=1S/C7H17NO2Si/c1-9-7(10-2)6-11-5-3-4-8/h6H,3-5,8,11H2,1-2H3. The third kappa shape index (κ3) is 5.94. The summed E-state index contributed by atoms with van der Waals surface area (Å²) < 4.78 is 9.84. The van der Waals surface area contributed by atoms with Crippen LogP contribution in [-0.4, -0.2) is 30.3 Å². The molecule has 2 N–H and O–H groups in total. The minimum Gasteiger partial charge on any atom is -0.469 e. The Hall–Kier alpha value is -0.483. The molecule has 0 spiro atoms. The Labute approximate surface area is 70.4 Å². The molecule has 3 nitrogen and oxygen atoms in total. The lowest BCUT2D eigenvalue weighted by Crippen LogP contribution is -2.00. The fraction of sp³-hybridized carbons (Fsp3) is 0.714. The van der Waals surface area contributed by atoms with Crippen LogP contribution < -0.4 is 5.73 Å². The van der Waals surface area contributed by atoms with Crippen LogP contribution in [-0.2, 0) is 9.47 Å². The molecule has 66 valence electrons. The Morgan fingerprint density at radius 2 is 2.09 bits per heavy atom. The molecule has 0 saturated carbocycles. The Morgan fingerprint density at radius 1 is 1.45 bits per heavy atom. The van der Waals surface area contributed by atoms with Gasteiger partial charge in [0.15, 0.2) is 0 Å². The lowest BCUT2D eigenvalue weighted by Gasteiger charge is -2.02. The zero-order valence-corrected chi connectivity index (χ0v) is 8.71. The number of ether oxygens (including phenoxy) is 2. The smallest absolute Gasteiger partial charge is 0.269 e. The van der Waals surface area contributed by atoms with E-state index in [4.69, 9.17) is 15.2 Å². The van der Waals surface area contributed by atoms with Crippen LogP contribution in [0.1, 0.15) is 6.42 Å². The molecule has 0 radical (unpaired) electrons. The average molecular weight is 175 g/mol. The van der Waals surface area contributed by atoms with E-state index in [1.807, 2.05) is 0 Å². The first-order valence-electron chi connectivity index (χ1n) is 3.83. The molecule has 0 fully saturated rings. The van der Waals surface area contributed by atoms with Crippen LogP contribution in [0.3, 0.4) is 0 Å². The van der Waals surface area contributed by atoms with Crippen molar-refractivity contribution in [2.45, 2.75) is 12.5 Å². The first-order valence-corrected chi connectivity index (χ1v) is 5.65. The van der Waals surface area contributed by atoms with Gasteiger partial charge >= 0.3 is 0 Å². The Morgan fingerprint density at radius 3 is 2.55 bits per heavy atom. The van der Waals surface area contributed by atoms with Crippen molar-refractivity contribution < 1.29 is 9.47 Å². The molecule has 0 aliphatic rings. The second kappa shape index (κ2) is 7.62. The molecule has 0 aromatic rings. The number of hydrogen-bond acceptors (Lipinski definition) is 3. The van der Waals surface area contributed by atoms with Crippen LogP contribution in [0.2, 0.25) is 6.04 Å². The third-order valence-corrected chi connectivity index (χ3v) is 2.90. The summed E-state index contributed by atoms with van der Waals surface area (Å²) in [5.74, 6) is 0.647. The molecule has 0 atom stereocenters. The fourth-order valence-corrected chi connectivity index (χ4v) is 2.11. The summed E-state index contributed by atoms with van der Waals surface area (Å²) in [5.41, 5.74) is 7.41. The van der Waals surface area contributed by atoms with Gasteiger partial charge in [-0.15, -0.1) is 0 Å². The van der Waals surface area contributed by atoms with Gasteiger partial charge in [-0.25, -0.2) is 0 Å². The van der Waals surface area contributed by atoms with Gasteiger partial charge in [-0.3, -0.25) is 0 Å².